The van der Waals surface area contributed by atoms with Crippen molar-refractivity contribution in [1.82, 2.24) is 0 Å². The number of hydrogen-bond acceptors (Lipinski definition) is 10. The number of hydrogen-bond donors (Lipinski definition) is 1. The Labute approximate surface area is 393 Å². The maximum atomic E-state index is 13.2. The summed E-state index contributed by atoms with van der Waals surface area (Å²) in [6, 6.07) is 8.62. The molecule has 0 radical (unpaired) electrons. The highest BCUT2D eigenvalue weighted by Crippen LogP contribution is 2.46. The van der Waals surface area contributed by atoms with Gasteiger partial charge in [0, 0.05) is 47.9 Å². The Kier molecular flexibility index (Phi) is 17.4. The molecule has 1 aliphatic rings. The average Bonchev–Trinajstić information content (AvgIpc) is 3.24. The van der Waals surface area contributed by atoms with Crippen LogP contribution in [0.25, 0.3) is 0 Å². The Morgan fingerprint density at radius 2 is 0.682 bits per heavy atom. The summed E-state index contributed by atoms with van der Waals surface area (Å²) in [6.07, 6.45) is 1.27. The van der Waals surface area contributed by atoms with Crippen molar-refractivity contribution in [2.75, 3.05) is 39.6 Å². The van der Waals surface area contributed by atoms with Crippen molar-refractivity contribution in [3.63, 3.8) is 0 Å². The summed E-state index contributed by atoms with van der Waals surface area (Å²) < 4.78 is 36.2. The number of carbonyl (C=O) groups excluding carboxylic acids is 3. The summed E-state index contributed by atoms with van der Waals surface area (Å²) >= 11 is 0. The van der Waals surface area contributed by atoms with E-state index in [1.165, 1.54) is 0 Å². The van der Waals surface area contributed by atoms with Crippen molar-refractivity contribution in [2.45, 2.75) is 153 Å². The molecule has 8 bridgehead atoms. The summed E-state index contributed by atoms with van der Waals surface area (Å²) in [7, 11) is 0. The van der Waals surface area contributed by atoms with E-state index in [4.69, 9.17) is 28.4 Å². The minimum atomic E-state index is -0.490. The van der Waals surface area contributed by atoms with Crippen LogP contribution >= 0.6 is 0 Å². The standard InChI is InChI=1S/C56H74O10/c1-16-61-50(57)27-64-54-39-21-43(31(6)7)36(14)48(54)26-41-23-45(33(10)11)37(15)49(56(41)66-29-52(59)63-18-3)25-40-22-44(32(8)9)35(13)47(55(40)65-28-51(58)62-17-2)20-38-19-42(30(4)5)34(12)46(24-39)53(38)60/h19,21-23,30-33,60H,16-18,20,24-29H2,1-15H3. The van der Waals surface area contributed by atoms with Gasteiger partial charge in [-0.15, -0.1) is 0 Å². The lowest BCUT2D eigenvalue weighted by Crippen LogP contribution is -2.19. The van der Waals surface area contributed by atoms with Crippen molar-refractivity contribution in [2.24, 2.45) is 0 Å². The first-order valence-electron chi connectivity index (χ1n) is 23.9. The van der Waals surface area contributed by atoms with Crippen molar-refractivity contribution >= 4 is 17.9 Å². The van der Waals surface area contributed by atoms with Gasteiger partial charge in [-0.2, -0.15) is 0 Å². The lowest BCUT2D eigenvalue weighted by atomic mass is 9.80. The van der Waals surface area contributed by atoms with E-state index in [-0.39, 0.29) is 69.1 Å². The van der Waals surface area contributed by atoms with E-state index in [1.54, 1.807) is 20.8 Å². The Morgan fingerprint density at radius 1 is 0.439 bits per heavy atom. The second-order valence-corrected chi connectivity index (χ2v) is 18.9. The van der Waals surface area contributed by atoms with Crippen LogP contribution in [0.15, 0.2) is 24.3 Å². The number of carbonyl (C=O) groups is 3. The summed E-state index contributed by atoms with van der Waals surface area (Å²) in [5, 5.41) is 12.7. The zero-order valence-electron chi connectivity index (χ0n) is 42.3. The third-order valence-electron chi connectivity index (χ3n) is 13.0. The largest absolute Gasteiger partial charge is 0.507 e. The molecule has 0 saturated heterocycles. The molecule has 10 nitrogen and oxygen atoms in total. The molecule has 0 atom stereocenters. The number of phenols is 1. The lowest BCUT2D eigenvalue weighted by Gasteiger charge is -2.28. The molecule has 4 aromatic carbocycles. The first-order valence-corrected chi connectivity index (χ1v) is 23.9. The van der Waals surface area contributed by atoms with Gasteiger partial charge in [0.05, 0.1) is 19.8 Å². The van der Waals surface area contributed by atoms with E-state index in [1.807, 2.05) is 0 Å². The highest BCUT2D eigenvalue weighted by Gasteiger charge is 2.30. The number of fused-ring (bicyclic) bond motifs is 8. The summed E-state index contributed by atoms with van der Waals surface area (Å²) in [4.78, 5) is 39.4. The fourth-order valence-electron chi connectivity index (χ4n) is 9.69. The van der Waals surface area contributed by atoms with Crippen LogP contribution in [0.3, 0.4) is 0 Å². The van der Waals surface area contributed by atoms with Crippen molar-refractivity contribution < 1.29 is 47.9 Å². The minimum absolute atomic E-state index is 0.107. The van der Waals surface area contributed by atoms with Gasteiger partial charge >= 0.3 is 17.9 Å². The molecule has 66 heavy (non-hydrogen) atoms. The van der Waals surface area contributed by atoms with Crippen LogP contribution in [-0.4, -0.2) is 62.7 Å². The minimum Gasteiger partial charge on any atom is -0.507 e. The lowest BCUT2D eigenvalue weighted by molar-refractivity contribution is -0.146. The molecule has 358 valence electrons. The van der Waals surface area contributed by atoms with Crippen LogP contribution in [0.1, 0.15) is 189 Å². The smallest absolute Gasteiger partial charge is 0.344 e. The van der Waals surface area contributed by atoms with E-state index in [0.717, 1.165) is 89.0 Å². The van der Waals surface area contributed by atoms with E-state index in [0.29, 0.717) is 42.9 Å². The molecule has 10 heteroatoms. The Bertz CT molecular complexity index is 2410. The average molecular weight is 907 g/mol. The molecule has 0 aromatic heterocycles. The van der Waals surface area contributed by atoms with E-state index in [9.17, 15) is 19.5 Å². The molecule has 5 rings (SSSR count). The van der Waals surface area contributed by atoms with Crippen molar-refractivity contribution in [3.8, 4) is 23.0 Å². The second kappa shape index (κ2) is 22.3. The van der Waals surface area contributed by atoms with E-state index < -0.39 is 17.9 Å². The first kappa shape index (κ1) is 51.5. The van der Waals surface area contributed by atoms with Gasteiger partial charge in [0.2, 0.25) is 0 Å². The number of aromatic hydroxyl groups is 1. The number of esters is 3. The van der Waals surface area contributed by atoms with Crippen LogP contribution < -0.4 is 14.2 Å². The normalized spacial score (nSPS) is 12.5. The number of phenolic OH excluding ortho intramolecular Hbond substituents is 1. The third-order valence-corrected chi connectivity index (χ3v) is 13.0. The zero-order chi connectivity index (χ0) is 48.7. The molecule has 4 aromatic rings. The quantitative estimate of drug-likeness (QED) is 0.0755. The topological polar surface area (TPSA) is 127 Å². The van der Waals surface area contributed by atoms with Crippen LogP contribution in [0.5, 0.6) is 23.0 Å². The molecule has 0 spiro atoms. The van der Waals surface area contributed by atoms with Crippen LogP contribution in [0, 0.1) is 27.7 Å². The van der Waals surface area contributed by atoms with Crippen LogP contribution in [-0.2, 0) is 54.3 Å². The Balaban J connectivity index is 2.03. The molecule has 0 amide bonds. The Morgan fingerprint density at radius 3 is 0.955 bits per heavy atom. The van der Waals surface area contributed by atoms with Crippen LogP contribution in [0.4, 0.5) is 0 Å². The monoisotopic (exact) mass is 907 g/mol. The fourth-order valence-corrected chi connectivity index (χ4v) is 9.69. The highest BCUT2D eigenvalue weighted by molar-refractivity contribution is 5.73. The summed E-state index contributed by atoms with van der Waals surface area (Å²) in [5.74, 6) is 0.846. The van der Waals surface area contributed by atoms with E-state index in [2.05, 4.69) is 107 Å². The van der Waals surface area contributed by atoms with Crippen molar-refractivity contribution in [3.05, 3.63) is 113 Å². The molecular weight excluding hydrogens is 833 g/mol. The molecule has 0 saturated carbocycles. The zero-order valence-corrected chi connectivity index (χ0v) is 42.3. The van der Waals surface area contributed by atoms with Gasteiger partial charge in [0.15, 0.2) is 19.8 Å². The summed E-state index contributed by atoms with van der Waals surface area (Å²) in [6.45, 7) is 30.7. The van der Waals surface area contributed by atoms with Gasteiger partial charge < -0.3 is 33.5 Å². The van der Waals surface area contributed by atoms with Gasteiger partial charge in [-0.1, -0.05) is 79.7 Å². The van der Waals surface area contributed by atoms with Gasteiger partial charge in [0.25, 0.3) is 0 Å². The van der Waals surface area contributed by atoms with Crippen molar-refractivity contribution in [1.29, 1.82) is 0 Å². The Hall–Kier alpha value is -5.51. The molecule has 0 heterocycles. The number of benzene rings is 4. The number of ether oxygens (including phenoxy) is 6. The SMILES string of the molecule is CCOC(=O)COc1c2cc(C(C)C)c(C)c1Cc1cc(C(C)C)c(C)c(c1O)Cc1cc(C(C)C)c(C)c(c1OCC(=O)OCC)Cc1cc(C(C)C)c(C)c(c1OCC(=O)OCC)C2. The van der Waals surface area contributed by atoms with Gasteiger partial charge in [-0.3, -0.25) is 0 Å². The maximum Gasteiger partial charge on any atom is 0.344 e. The molecule has 0 fully saturated rings. The number of rotatable bonds is 16. The van der Waals surface area contributed by atoms with Crippen LogP contribution in [0.2, 0.25) is 0 Å². The van der Waals surface area contributed by atoms with Gasteiger partial charge in [-0.25, -0.2) is 14.4 Å². The molecule has 1 aliphatic carbocycles. The molecule has 0 unspecified atom stereocenters. The molecule has 1 N–H and O–H groups in total. The fraction of sp³-hybridized carbons (Fsp3) is 0.518. The van der Waals surface area contributed by atoms with E-state index >= 15 is 0 Å². The van der Waals surface area contributed by atoms with Gasteiger partial charge in [0.1, 0.15) is 23.0 Å². The third kappa shape index (κ3) is 11.4. The maximum absolute atomic E-state index is 13.2. The molecule has 0 aliphatic heterocycles. The second-order valence-electron chi connectivity index (χ2n) is 18.9. The predicted molar refractivity (Wildman–Crippen MR) is 260 cm³/mol. The summed E-state index contributed by atoms with van der Waals surface area (Å²) in [5.41, 5.74) is 15.0. The highest BCUT2D eigenvalue weighted by atomic mass is 16.6. The molecular formula is C56H74O10. The van der Waals surface area contributed by atoms with Gasteiger partial charge in [-0.05, 0) is 139 Å². The predicted octanol–water partition coefficient (Wildman–Crippen LogP) is 11.6. The first-order chi connectivity index (χ1) is 31.2.